The summed E-state index contributed by atoms with van der Waals surface area (Å²) in [5.74, 6) is -0.173. The number of hydrogen-bond acceptors (Lipinski definition) is 3. The highest BCUT2D eigenvalue weighted by atomic mass is 35.5. The van der Waals surface area contributed by atoms with E-state index in [0.29, 0.717) is 12.1 Å². The molecule has 20 heavy (non-hydrogen) atoms. The minimum absolute atomic E-state index is 0.123. The van der Waals surface area contributed by atoms with Gasteiger partial charge in [-0.1, -0.05) is 23.2 Å². The maximum Gasteiger partial charge on any atom is 0.256 e. The van der Waals surface area contributed by atoms with Crippen molar-refractivity contribution in [3.05, 3.63) is 58.1 Å². The van der Waals surface area contributed by atoms with Gasteiger partial charge in [-0.15, -0.1) is 0 Å². The highest BCUT2D eigenvalue weighted by molar-refractivity contribution is 6.34. The molecule has 2 aromatic heterocycles. The molecule has 2 heterocycles. The molecule has 104 valence electrons. The molecular formula is C14H13Cl2N3O. The second-order valence-corrected chi connectivity index (χ2v) is 5.05. The maximum atomic E-state index is 12.2. The van der Waals surface area contributed by atoms with E-state index in [-0.39, 0.29) is 16.2 Å². The van der Waals surface area contributed by atoms with Crippen molar-refractivity contribution in [2.75, 3.05) is 13.6 Å². The van der Waals surface area contributed by atoms with Crippen LogP contribution in [0.15, 0.2) is 36.7 Å². The Hall–Kier alpha value is -1.65. The Morgan fingerprint density at radius 3 is 2.55 bits per heavy atom. The van der Waals surface area contributed by atoms with Gasteiger partial charge in [-0.2, -0.15) is 0 Å². The topological polar surface area (TPSA) is 46.1 Å². The Kier molecular flexibility index (Phi) is 4.93. The summed E-state index contributed by atoms with van der Waals surface area (Å²) in [6, 6.07) is 6.99. The van der Waals surface area contributed by atoms with Crippen LogP contribution in [0, 0.1) is 0 Å². The van der Waals surface area contributed by atoms with Gasteiger partial charge in [0.25, 0.3) is 5.91 Å². The maximum absolute atomic E-state index is 12.2. The molecule has 2 rings (SSSR count). The number of hydrogen-bond donors (Lipinski definition) is 0. The minimum Gasteiger partial charge on any atom is -0.341 e. The lowest BCUT2D eigenvalue weighted by Gasteiger charge is -2.17. The molecule has 0 atom stereocenters. The van der Waals surface area contributed by atoms with E-state index >= 15 is 0 Å². The first-order chi connectivity index (χ1) is 9.58. The van der Waals surface area contributed by atoms with Crippen molar-refractivity contribution in [1.82, 2.24) is 14.9 Å². The van der Waals surface area contributed by atoms with E-state index in [1.165, 1.54) is 0 Å². The number of carbonyl (C=O) groups excluding carboxylic acids is 1. The zero-order valence-corrected chi connectivity index (χ0v) is 12.4. The molecule has 6 heteroatoms. The lowest BCUT2D eigenvalue weighted by Crippen LogP contribution is -2.29. The number of aromatic nitrogens is 2. The fourth-order valence-electron chi connectivity index (χ4n) is 1.73. The number of carbonyl (C=O) groups is 1. The van der Waals surface area contributed by atoms with Crippen LogP contribution in [-0.4, -0.2) is 34.4 Å². The molecule has 0 saturated heterocycles. The summed E-state index contributed by atoms with van der Waals surface area (Å²) < 4.78 is 0. The third kappa shape index (κ3) is 3.68. The van der Waals surface area contributed by atoms with Gasteiger partial charge in [0.15, 0.2) is 0 Å². The van der Waals surface area contributed by atoms with Crippen molar-refractivity contribution in [2.24, 2.45) is 0 Å². The van der Waals surface area contributed by atoms with Crippen molar-refractivity contribution < 1.29 is 4.79 Å². The quantitative estimate of drug-likeness (QED) is 0.815. The fraction of sp³-hybridized carbons (Fsp3) is 0.214. The second-order valence-electron chi connectivity index (χ2n) is 4.30. The van der Waals surface area contributed by atoms with E-state index in [0.717, 1.165) is 12.0 Å². The average Bonchev–Trinajstić information content (AvgIpc) is 2.45. The lowest BCUT2D eigenvalue weighted by molar-refractivity contribution is 0.0796. The van der Waals surface area contributed by atoms with Crippen LogP contribution in [0.1, 0.15) is 15.9 Å². The molecule has 2 aromatic rings. The second kappa shape index (κ2) is 6.68. The molecule has 0 radical (unpaired) electrons. The zero-order chi connectivity index (χ0) is 14.5. The van der Waals surface area contributed by atoms with E-state index in [4.69, 9.17) is 23.2 Å². The summed E-state index contributed by atoms with van der Waals surface area (Å²) in [4.78, 5) is 21.7. The van der Waals surface area contributed by atoms with E-state index in [1.807, 2.05) is 12.1 Å². The highest BCUT2D eigenvalue weighted by Gasteiger charge is 2.16. The standard InChI is InChI=1S/C14H13Cl2N3O/c1-19(9-6-10-4-7-17-8-5-10)14(20)11-2-3-12(15)18-13(11)16/h2-5,7-8H,6,9H2,1H3. The van der Waals surface area contributed by atoms with Crippen LogP contribution in [0.4, 0.5) is 0 Å². The van der Waals surface area contributed by atoms with Gasteiger partial charge >= 0.3 is 0 Å². The molecule has 0 bridgehead atoms. The molecule has 0 N–H and O–H groups in total. The fourth-order valence-corrected chi connectivity index (χ4v) is 2.15. The first kappa shape index (κ1) is 14.8. The summed E-state index contributed by atoms with van der Waals surface area (Å²) in [6.07, 6.45) is 4.22. The van der Waals surface area contributed by atoms with Gasteiger partial charge in [-0.3, -0.25) is 9.78 Å². The molecule has 0 aliphatic carbocycles. The van der Waals surface area contributed by atoms with E-state index in [9.17, 15) is 4.79 Å². The van der Waals surface area contributed by atoms with E-state index < -0.39 is 0 Å². The normalized spacial score (nSPS) is 10.3. The summed E-state index contributed by atoms with van der Waals surface area (Å²) in [6.45, 7) is 0.585. The molecule has 1 amide bonds. The van der Waals surface area contributed by atoms with Crippen LogP contribution >= 0.6 is 23.2 Å². The monoisotopic (exact) mass is 309 g/mol. The third-order valence-electron chi connectivity index (χ3n) is 2.88. The van der Waals surface area contributed by atoms with Gasteiger partial charge in [-0.05, 0) is 36.2 Å². The van der Waals surface area contributed by atoms with Crippen molar-refractivity contribution in [1.29, 1.82) is 0 Å². The smallest absolute Gasteiger partial charge is 0.256 e. The molecule has 0 saturated carbocycles. The number of halogens is 2. The molecule has 4 nitrogen and oxygen atoms in total. The first-order valence-corrected chi connectivity index (χ1v) is 6.80. The van der Waals surface area contributed by atoms with Crippen LogP contribution in [-0.2, 0) is 6.42 Å². The van der Waals surface area contributed by atoms with Gasteiger partial charge in [0.05, 0.1) is 5.56 Å². The van der Waals surface area contributed by atoms with Crippen LogP contribution in [0.25, 0.3) is 0 Å². The molecule has 0 spiro atoms. The Morgan fingerprint density at radius 2 is 1.90 bits per heavy atom. The van der Waals surface area contributed by atoms with Gasteiger partial charge in [-0.25, -0.2) is 4.98 Å². The van der Waals surface area contributed by atoms with Crippen LogP contribution in [0.3, 0.4) is 0 Å². The zero-order valence-electron chi connectivity index (χ0n) is 10.9. The van der Waals surface area contributed by atoms with Gasteiger partial charge in [0.2, 0.25) is 0 Å². The number of amides is 1. The lowest BCUT2D eigenvalue weighted by atomic mass is 10.2. The van der Waals surface area contributed by atoms with Crippen molar-refractivity contribution in [3.63, 3.8) is 0 Å². The SMILES string of the molecule is CN(CCc1ccncc1)C(=O)c1ccc(Cl)nc1Cl. The minimum atomic E-state index is -0.173. The Bertz CT molecular complexity index is 605. The van der Waals surface area contributed by atoms with Crippen molar-refractivity contribution >= 4 is 29.1 Å². The van der Waals surface area contributed by atoms with Gasteiger partial charge in [0, 0.05) is 26.0 Å². The average molecular weight is 310 g/mol. The third-order valence-corrected chi connectivity index (χ3v) is 3.38. The molecular weight excluding hydrogens is 297 g/mol. The number of nitrogens with zero attached hydrogens (tertiary/aromatic N) is 3. The van der Waals surface area contributed by atoms with Gasteiger partial charge in [0.1, 0.15) is 10.3 Å². The molecule has 0 unspecified atom stereocenters. The number of rotatable bonds is 4. The Morgan fingerprint density at radius 1 is 1.20 bits per heavy atom. The van der Waals surface area contributed by atoms with Gasteiger partial charge < -0.3 is 4.90 Å². The molecule has 0 fully saturated rings. The summed E-state index contributed by atoms with van der Waals surface area (Å²) in [5, 5.41) is 0.393. The largest absolute Gasteiger partial charge is 0.341 e. The first-order valence-electron chi connectivity index (χ1n) is 6.04. The highest BCUT2D eigenvalue weighted by Crippen LogP contribution is 2.18. The Labute approximate surface area is 127 Å². The number of likely N-dealkylation sites (N-methyl/N-ethyl adjacent to an activating group) is 1. The summed E-state index contributed by atoms with van der Waals surface area (Å²) >= 11 is 11.7. The molecule has 0 aliphatic rings. The molecule has 0 aromatic carbocycles. The molecule has 0 aliphatic heterocycles. The number of pyridine rings is 2. The van der Waals surface area contributed by atoms with E-state index in [2.05, 4.69) is 9.97 Å². The Balaban J connectivity index is 2.01. The van der Waals surface area contributed by atoms with Crippen molar-refractivity contribution in [3.8, 4) is 0 Å². The van der Waals surface area contributed by atoms with Crippen molar-refractivity contribution in [2.45, 2.75) is 6.42 Å². The van der Waals surface area contributed by atoms with Crippen LogP contribution in [0.5, 0.6) is 0 Å². The van der Waals surface area contributed by atoms with Crippen LogP contribution < -0.4 is 0 Å². The van der Waals surface area contributed by atoms with E-state index in [1.54, 1.807) is 36.5 Å². The summed E-state index contributed by atoms with van der Waals surface area (Å²) in [5.41, 5.74) is 1.48. The van der Waals surface area contributed by atoms with Crippen LogP contribution in [0.2, 0.25) is 10.3 Å². The predicted molar refractivity (Wildman–Crippen MR) is 79.2 cm³/mol. The predicted octanol–water partition coefficient (Wildman–Crippen LogP) is 3.10. The summed E-state index contributed by atoms with van der Waals surface area (Å²) in [7, 11) is 1.73.